The van der Waals surface area contributed by atoms with Crippen LogP contribution in [0, 0.1) is 0 Å². The number of rotatable bonds is 20. The van der Waals surface area contributed by atoms with E-state index in [1.165, 1.54) is 0 Å². The predicted molar refractivity (Wildman–Crippen MR) is 563 cm³/mol. The minimum Gasteiger partial charge on any atom is -0.686 e. The third-order valence-corrected chi connectivity index (χ3v) is 24.3. The number of para-hydroxylation sites is 11. The molecular formula is C121H93N13O6Pt4. The first-order valence-electron chi connectivity index (χ1n) is 45.6. The van der Waals surface area contributed by atoms with Crippen molar-refractivity contribution in [2.75, 3.05) is 19.0 Å². The van der Waals surface area contributed by atoms with E-state index in [1.54, 1.807) is 72.8 Å². The van der Waals surface area contributed by atoms with Gasteiger partial charge in [-0.15, -0.1) is 25.5 Å². The van der Waals surface area contributed by atoms with Crippen LogP contribution in [0.1, 0.15) is 25.2 Å². The monoisotopic (exact) mass is 2600 g/mol. The van der Waals surface area contributed by atoms with Gasteiger partial charge in [-0.25, -0.2) is 29.9 Å². The fourth-order valence-electron chi connectivity index (χ4n) is 17.1. The molecule has 0 unspecified atom stereocenters. The summed E-state index contributed by atoms with van der Waals surface area (Å²) in [6.45, 7) is 4.14. The van der Waals surface area contributed by atoms with E-state index in [9.17, 15) is 30.6 Å². The second-order valence-corrected chi connectivity index (χ2v) is 33.5. The van der Waals surface area contributed by atoms with Gasteiger partial charge in [-0.05, 0) is 217 Å². The molecule has 0 saturated heterocycles. The number of aromatic hydroxyl groups is 6. The number of imidazole rings is 2. The van der Waals surface area contributed by atoms with Gasteiger partial charge in [-0.1, -0.05) is 273 Å². The number of anilines is 3. The van der Waals surface area contributed by atoms with Crippen molar-refractivity contribution in [3.05, 3.63) is 477 Å². The third-order valence-electron chi connectivity index (χ3n) is 24.3. The summed E-state index contributed by atoms with van der Waals surface area (Å²) in [5.74, 6) is 3.58. The quantitative estimate of drug-likeness (QED) is 0.0387. The molecule has 0 aliphatic rings. The van der Waals surface area contributed by atoms with Crippen LogP contribution in [0.5, 0.6) is 34.5 Å². The van der Waals surface area contributed by atoms with Gasteiger partial charge >= 0.3 is 21.1 Å². The number of nitrogens with zero attached hydrogens (tertiary/aromatic N) is 13. The Morgan fingerprint density at radius 3 is 0.833 bits per heavy atom. The second-order valence-electron chi connectivity index (χ2n) is 33.5. The Balaban J connectivity index is 0.000000144. The van der Waals surface area contributed by atoms with E-state index in [4.69, 9.17) is 39.9 Å². The Hall–Kier alpha value is -16.1. The van der Waals surface area contributed by atoms with Crippen molar-refractivity contribution >= 4 is 50.5 Å². The molecule has 0 aliphatic heterocycles. The number of phenolic OH excluding ortho intramolecular Hbond substituents is 6. The standard InChI is InChI=1S/C38H28N4.C30H22N4O2.C28H21N3O2.C25H22N2O2.4Pt/c1-39-33-19-11-9-17-29(33)35-23-31(25-13-5-3-6-14-25)27-21-22-28-32(26-15-7-4-8-16-26)24-36(42-38(28)37(27)41-35)30-18-10-12-20-34(30)40-2;35-27-17-9-7-15-23(27)25-19-33(21-11-3-1-4-12-21)29(31-25)30-32-26(24-16-8-10-18-28(24)36)20-34(30)22-13-5-2-6-14-22;32-25-16-6-4-12-21(25)23-14-8-18-27(29-23)31(20-10-2-1-3-11-20)28-19-9-15-24(30-28)22-13-5-7-17-26(22)33;1-25(2,23-15-7-11-19(26-23)17-9-3-5-13-21(17)28)24-16-8-12-20(27-24)18-10-4-6-14-22(18)29;;;;/h3-24H,1-2H3;1-20,35-36H;1-19,32-33H;3-16,28-29H,1-2H3;;;;/q-2;;;;;;;+2. The van der Waals surface area contributed by atoms with Crippen LogP contribution in [0.15, 0.2) is 455 Å². The summed E-state index contributed by atoms with van der Waals surface area (Å²) < 4.78 is 3.94. The van der Waals surface area contributed by atoms with Gasteiger partial charge in [0.1, 0.15) is 46.1 Å². The number of hydrogen-bond acceptors (Lipinski definition) is 15. The normalized spacial score (nSPS) is 10.7. The molecule has 14 aromatic carbocycles. The van der Waals surface area contributed by atoms with E-state index in [1.807, 2.05) is 326 Å². The summed E-state index contributed by atoms with van der Waals surface area (Å²) in [6.07, 6.45) is 3.81. The van der Waals surface area contributed by atoms with Gasteiger partial charge in [0.15, 0.2) is 11.6 Å². The molecule has 0 aliphatic carbocycles. The van der Waals surface area contributed by atoms with Crippen molar-refractivity contribution < 1.29 is 115 Å². The van der Waals surface area contributed by atoms with Gasteiger partial charge in [0, 0.05) is 142 Å². The molecule has 19 nitrogen and oxygen atoms in total. The number of pyridine rings is 6. The average molecular weight is 2610 g/mol. The molecule has 0 amide bonds. The Morgan fingerprint density at radius 2 is 0.514 bits per heavy atom. The summed E-state index contributed by atoms with van der Waals surface area (Å²) in [5.41, 5.74) is 23.6. The van der Waals surface area contributed by atoms with Gasteiger partial charge in [0.2, 0.25) is 0 Å². The van der Waals surface area contributed by atoms with Crippen molar-refractivity contribution in [1.82, 2.24) is 49.0 Å². The van der Waals surface area contributed by atoms with Crippen LogP contribution in [0.2, 0.25) is 0 Å². The average Bonchev–Trinajstić information content (AvgIpc) is 0.895. The van der Waals surface area contributed by atoms with Crippen LogP contribution in [0.4, 0.5) is 28.7 Å². The molecular weight excluding hydrogens is 2510 g/mol. The Labute approximate surface area is 891 Å². The first-order chi connectivity index (χ1) is 68.6. The number of aromatic nitrogens is 10. The van der Waals surface area contributed by atoms with E-state index in [0.29, 0.717) is 90.8 Å². The topological polar surface area (TPSA) is 266 Å². The maximum atomic E-state index is 10.5. The van der Waals surface area contributed by atoms with Crippen molar-refractivity contribution in [3.8, 4) is 170 Å². The minimum atomic E-state index is -0.471. The molecule has 23 heteroatoms. The molecule has 0 radical (unpaired) electrons. The molecule has 0 spiro atoms. The van der Waals surface area contributed by atoms with E-state index in [0.717, 1.165) is 106 Å². The Bertz CT molecular complexity index is 7740. The predicted octanol–water partition coefficient (Wildman–Crippen LogP) is 29.4. The molecule has 0 saturated carbocycles. The van der Waals surface area contributed by atoms with Gasteiger partial charge in [0.25, 0.3) is 0 Å². The maximum absolute atomic E-state index is 10.5. The third kappa shape index (κ3) is 22.3. The molecule has 144 heavy (non-hydrogen) atoms. The van der Waals surface area contributed by atoms with E-state index in [2.05, 4.69) is 109 Å². The molecule has 8 aromatic heterocycles. The fraction of sp³-hybridized carbons (Fsp3) is 0.0413. The van der Waals surface area contributed by atoms with Gasteiger partial charge in [-0.3, -0.25) is 24.0 Å². The molecule has 718 valence electrons. The smallest absolute Gasteiger partial charge is 0.686 e. The summed E-state index contributed by atoms with van der Waals surface area (Å²) in [4.78, 5) is 41.9. The van der Waals surface area contributed by atoms with Crippen LogP contribution in [-0.4, -0.2) is 93.7 Å². The SMILES string of the molecule is CC(C)(c1cccc(-c2ccccc2O)n1)c1cccc(-c2ccccc2O)n1.C[N-]c1ccccc1-c1cc(-c2ccccc2)c2ccc3c(-c4ccccc4)cc(-c4ccccc4[N-]C)nc3c2n1.Oc1ccccc1-c1cccc(N(c2ccccc2)c2cccc(-c3ccccc3O)n2)n1.Oc1ccccc1-c1cn(-c2ccccc2)c(-c2nc(-c3ccccc3O)cn2-c2ccccc2)n1.[Pt+2].[Pt].[Pt].[Pt]. The summed E-state index contributed by atoms with van der Waals surface area (Å²) in [7, 11) is 3.65. The van der Waals surface area contributed by atoms with Crippen LogP contribution in [0.25, 0.3) is 168 Å². The molecule has 0 atom stereocenters. The first-order valence-corrected chi connectivity index (χ1v) is 45.6. The molecule has 6 N–H and O–H groups in total. The molecule has 0 fully saturated rings. The van der Waals surface area contributed by atoms with E-state index < -0.39 is 5.41 Å². The largest absolute Gasteiger partial charge is 2.00 e. The number of phenols is 6. The van der Waals surface area contributed by atoms with Gasteiger partial charge < -0.3 is 41.3 Å². The van der Waals surface area contributed by atoms with Crippen LogP contribution < -0.4 is 4.90 Å². The zero-order valence-corrected chi connectivity index (χ0v) is 87.2. The summed E-state index contributed by atoms with van der Waals surface area (Å²) in [6, 6.07) is 142. The van der Waals surface area contributed by atoms with E-state index >= 15 is 0 Å². The van der Waals surface area contributed by atoms with Crippen LogP contribution in [-0.2, 0) is 89.7 Å². The maximum Gasteiger partial charge on any atom is 2.00 e. The van der Waals surface area contributed by atoms with E-state index in [-0.39, 0.29) is 119 Å². The van der Waals surface area contributed by atoms with Crippen molar-refractivity contribution in [1.29, 1.82) is 0 Å². The second kappa shape index (κ2) is 47.0. The zero-order valence-electron chi connectivity index (χ0n) is 78.1. The molecule has 8 heterocycles. The fourth-order valence-corrected chi connectivity index (χ4v) is 17.1. The Kier molecular flexibility index (Phi) is 33.4. The number of benzene rings is 14. The van der Waals surface area contributed by atoms with Crippen molar-refractivity contribution in [2.45, 2.75) is 19.3 Å². The molecule has 22 rings (SSSR count). The van der Waals surface area contributed by atoms with Crippen molar-refractivity contribution in [3.63, 3.8) is 0 Å². The number of hydrogen-bond donors (Lipinski definition) is 6. The zero-order chi connectivity index (χ0) is 96.0. The van der Waals surface area contributed by atoms with Crippen LogP contribution in [0.3, 0.4) is 0 Å². The number of fused-ring (bicyclic) bond motifs is 3. The first kappa shape index (κ1) is 102. The van der Waals surface area contributed by atoms with Gasteiger partial charge in [0.05, 0.1) is 68.0 Å². The van der Waals surface area contributed by atoms with Gasteiger partial charge in [-0.2, -0.15) is 0 Å². The Morgan fingerprint density at radius 1 is 0.243 bits per heavy atom. The summed E-state index contributed by atoms with van der Waals surface area (Å²) in [5, 5.41) is 73.3. The van der Waals surface area contributed by atoms with Crippen molar-refractivity contribution in [2.24, 2.45) is 0 Å². The van der Waals surface area contributed by atoms with Crippen LogP contribution >= 0.6 is 0 Å². The minimum absolute atomic E-state index is 0. The summed E-state index contributed by atoms with van der Waals surface area (Å²) >= 11 is 0. The molecule has 0 bridgehead atoms. The molecule has 22 aromatic rings.